The molecule has 4 nitrogen and oxygen atoms in total. The SMILES string of the molecule is COc1ccc(C(=O)C2=CC3(CCCCC3)Oc3ccccc32)c(O)c1. The zero-order valence-corrected chi connectivity index (χ0v) is 14.8. The Morgan fingerprint density at radius 1 is 1.12 bits per heavy atom. The predicted molar refractivity (Wildman–Crippen MR) is 99.9 cm³/mol. The Bertz CT molecular complexity index is 875. The monoisotopic (exact) mass is 350 g/mol. The number of carbonyl (C=O) groups excluding carboxylic acids is 1. The van der Waals surface area contributed by atoms with Crippen molar-refractivity contribution in [1.82, 2.24) is 0 Å². The van der Waals surface area contributed by atoms with Crippen LogP contribution >= 0.6 is 0 Å². The van der Waals surface area contributed by atoms with Gasteiger partial charge in [-0.1, -0.05) is 24.6 Å². The van der Waals surface area contributed by atoms with Crippen molar-refractivity contribution in [1.29, 1.82) is 0 Å². The molecule has 0 unspecified atom stereocenters. The second-order valence-corrected chi connectivity index (χ2v) is 6.99. The van der Waals surface area contributed by atoms with Crippen LogP contribution < -0.4 is 9.47 Å². The number of fused-ring (bicyclic) bond motifs is 1. The maximum Gasteiger partial charge on any atom is 0.197 e. The third-order valence-electron chi connectivity index (χ3n) is 5.29. The molecule has 1 spiro atoms. The number of Topliss-reactive ketones (excluding diaryl/α,β-unsaturated/α-hetero) is 1. The number of phenols is 1. The van der Waals surface area contributed by atoms with Gasteiger partial charge in [-0.25, -0.2) is 0 Å². The van der Waals surface area contributed by atoms with Crippen LogP contribution in [0.5, 0.6) is 17.2 Å². The van der Waals surface area contributed by atoms with Crippen molar-refractivity contribution < 1.29 is 19.4 Å². The first-order valence-corrected chi connectivity index (χ1v) is 9.05. The summed E-state index contributed by atoms with van der Waals surface area (Å²) in [4.78, 5) is 13.3. The Balaban J connectivity index is 1.80. The zero-order chi connectivity index (χ0) is 18.1. The van der Waals surface area contributed by atoms with E-state index in [0.29, 0.717) is 11.3 Å². The van der Waals surface area contributed by atoms with Crippen LogP contribution in [-0.2, 0) is 0 Å². The molecular weight excluding hydrogens is 328 g/mol. The molecule has 26 heavy (non-hydrogen) atoms. The molecule has 1 heterocycles. The standard InChI is InChI=1S/C22H22O4/c1-25-15-9-10-17(19(23)13-15)21(24)18-14-22(11-5-2-6-12-22)26-20-8-4-3-7-16(18)20/h3-4,7-10,13-14,23H,2,5-6,11-12H2,1H3. The van der Waals surface area contributed by atoms with Gasteiger partial charge in [0.2, 0.25) is 0 Å². The van der Waals surface area contributed by atoms with E-state index in [2.05, 4.69) is 0 Å². The van der Waals surface area contributed by atoms with Gasteiger partial charge < -0.3 is 14.6 Å². The van der Waals surface area contributed by atoms with Gasteiger partial charge in [-0.2, -0.15) is 0 Å². The molecule has 1 aliphatic heterocycles. The minimum atomic E-state index is -0.417. The van der Waals surface area contributed by atoms with E-state index >= 15 is 0 Å². The minimum Gasteiger partial charge on any atom is -0.507 e. The number of aromatic hydroxyl groups is 1. The van der Waals surface area contributed by atoms with E-state index in [1.165, 1.54) is 19.6 Å². The molecule has 1 saturated carbocycles. The molecule has 1 aliphatic carbocycles. The number of hydrogen-bond acceptors (Lipinski definition) is 4. The summed E-state index contributed by atoms with van der Waals surface area (Å²) in [5.41, 5.74) is 1.25. The smallest absolute Gasteiger partial charge is 0.197 e. The van der Waals surface area contributed by atoms with Crippen LogP contribution in [0.25, 0.3) is 5.57 Å². The number of phenolic OH excluding ortho intramolecular Hbond substituents is 1. The van der Waals surface area contributed by atoms with Crippen LogP contribution in [0.4, 0.5) is 0 Å². The van der Waals surface area contributed by atoms with Crippen molar-refractivity contribution in [3.05, 3.63) is 59.7 Å². The van der Waals surface area contributed by atoms with Crippen LogP contribution in [0.3, 0.4) is 0 Å². The highest BCUT2D eigenvalue weighted by atomic mass is 16.5. The number of allylic oxidation sites excluding steroid dienone is 1. The molecule has 1 fully saturated rings. The summed E-state index contributed by atoms with van der Waals surface area (Å²) >= 11 is 0. The summed E-state index contributed by atoms with van der Waals surface area (Å²) in [6, 6.07) is 12.4. The molecule has 0 amide bonds. The van der Waals surface area contributed by atoms with Gasteiger partial charge in [0.1, 0.15) is 22.8 Å². The lowest BCUT2D eigenvalue weighted by Gasteiger charge is -2.39. The van der Waals surface area contributed by atoms with Gasteiger partial charge in [-0.15, -0.1) is 0 Å². The predicted octanol–water partition coefficient (Wildman–Crippen LogP) is 4.76. The second kappa shape index (κ2) is 6.52. The highest BCUT2D eigenvalue weighted by Gasteiger charge is 2.38. The summed E-state index contributed by atoms with van der Waals surface area (Å²) in [5.74, 6) is 1.00. The lowest BCUT2D eigenvalue weighted by Crippen LogP contribution is -2.39. The average molecular weight is 350 g/mol. The van der Waals surface area contributed by atoms with Crippen molar-refractivity contribution >= 4 is 11.4 Å². The third kappa shape index (κ3) is 2.85. The van der Waals surface area contributed by atoms with Crippen molar-refractivity contribution in [3.63, 3.8) is 0 Å². The number of benzene rings is 2. The normalized spacial score (nSPS) is 17.8. The first kappa shape index (κ1) is 16.7. The molecule has 0 atom stereocenters. The topological polar surface area (TPSA) is 55.8 Å². The summed E-state index contributed by atoms with van der Waals surface area (Å²) in [6.07, 6.45) is 7.19. The molecule has 0 radical (unpaired) electrons. The third-order valence-corrected chi connectivity index (χ3v) is 5.29. The number of hydrogen-bond donors (Lipinski definition) is 1. The minimum absolute atomic E-state index is 0.0723. The highest BCUT2D eigenvalue weighted by Crippen LogP contribution is 2.44. The molecule has 2 aliphatic rings. The van der Waals surface area contributed by atoms with E-state index in [1.807, 2.05) is 30.3 Å². The molecule has 2 aromatic carbocycles. The van der Waals surface area contributed by atoms with E-state index in [0.717, 1.165) is 37.0 Å². The number of ether oxygens (including phenoxy) is 2. The van der Waals surface area contributed by atoms with Gasteiger partial charge in [-0.05, 0) is 50.0 Å². The maximum absolute atomic E-state index is 13.3. The molecule has 2 aromatic rings. The second-order valence-electron chi connectivity index (χ2n) is 6.99. The Kier molecular flexibility index (Phi) is 4.19. The Morgan fingerprint density at radius 2 is 1.88 bits per heavy atom. The van der Waals surface area contributed by atoms with Crippen LogP contribution in [0.15, 0.2) is 48.5 Å². The first-order chi connectivity index (χ1) is 12.6. The van der Waals surface area contributed by atoms with Crippen LogP contribution in [0, 0.1) is 0 Å². The van der Waals surface area contributed by atoms with Crippen molar-refractivity contribution in [2.45, 2.75) is 37.7 Å². The van der Waals surface area contributed by atoms with Crippen LogP contribution in [0.1, 0.15) is 48.0 Å². The molecule has 4 heteroatoms. The number of rotatable bonds is 3. The van der Waals surface area contributed by atoms with Gasteiger partial charge in [0.25, 0.3) is 0 Å². The van der Waals surface area contributed by atoms with Gasteiger partial charge in [0.05, 0.1) is 12.7 Å². The molecule has 0 bridgehead atoms. The lowest BCUT2D eigenvalue weighted by molar-refractivity contribution is 0.0733. The van der Waals surface area contributed by atoms with Crippen molar-refractivity contribution in [2.24, 2.45) is 0 Å². The first-order valence-electron chi connectivity index (χ1n) is 9.05. The van der Waals surface area contributed by atoms with Crippen molar-refractivity contribution in [3.8, 4) is 17.2 Å². The summed E-state index contributed by atoms with van der Waals surface area (Å²) < 4.78 is 11.4. The van der Waals surface area contributed by atoms with Gasteiger partial charge in [-0.3, -0.25) is 4.79 Å². The Labute approximate surface area is 153 Å². The van der Waals surface area contributed by atoms with Crippen LogP contribution in [0.2, 0.25) is 0 Å². The van der Waals surface area contributed by atoms with E-state index in [4.69, 9.17) is 9.47 Å². The number of ketones is 1. The fraction of sp³-hybridized carbons (Fsp3) is 0.318. The lowest BCUT2D eigenvalue weighted by atomic mass is 9.79. The fourth-order valence-corrected chi connectivity index (χ4v) is 3.93. The molecule has 0 aromatic heterocycles. The molecule has 4 rings (SSSR count). The Morgan fingerprint density at radius 3 is 2.62 bits per heavy atom. The number of methoxy groups -OCH3 is 1. The van der Waals surface area contributed by atoms with Gasteiger partial charge in [0.15, 0.2) is 5.78 Å². The quantitative estimate of drug-likeness (QED) is 0.811. The van der Waals surface area contributed by atoms with E-state index in [9.17, 15) is 9.90 Å². The Hall–Kier alpha value is -2.75. The van der Waals surface area contributed by atoms with E-state index in [-0.39, 0.29) is 17.1 Å². The molecule has 0 saturated heterocycles. The maximum atomic E-state index is 13.3. The molecule has 134 valence electrons. The fourth-order valence-electron chi connectivity index (χ4n) is 3.93. The van der Waals surface area contributed by atoms with E-state index in [1.54, 1.807) is 12.1 Å². The van der Waals surface area contributed by atoms with Gasteiger partial charge >= 0.3 is 0 Å². The zero-order valence-electron chi connectivity index (χ0n) is 14.8. The summed E-state index contributed by atoms with van der Waals surface area (Å²) in [7, 11) is 1.53. The number of carbonyl (C=O) groups is 1. The summed E-state index contributed by atoms with van der Waals surface area (Å²) in [6.45, 7) is 0. The molecule has 1 N–H and O–H groups in total. The molecular formula is C22H22O4. The average Bonchev–Trinajstić information content (AvgIpc) is 2.67. The van der Waals surface area contributed by atoms with Crippen LogP contribution in [-0.4, -0.2) is 23.6 Å². The number of para-hydroxylation sites is 1. The highest BCUT2D eigenvalue weighted by molar-refractivity contribution is 6.30. The van der Waals surface area contributed by atoms with E-state index < -0.39 is 5.60 Å². The summed E-state index contributed by atoms with van der Waals surface area (Å²) in [5, 5.41) is 10.3. The van der Waals surface area contributed by atoms with Crippen molar-refractivity contribution in [2.75, 3.05) is 7.11 Å². The largest absolute Gasteiger partial charge is 0.507 e. The van der Waals surface area contributed by atoms with Gasteiger partial charge in [0, 0.05) is 17.2 Å².